The molecule has 132 valence electrons. The highest BCUT2D eigenvalue weighted by molar-refractivity contribution is 5.98. The average molecular weight is 342 g/mol. The van der Waals surface area contributed by atoms with Crippen LogP contribution >= 0.6 is 0 Å². The van der Waals surface area contributed by atoms with Crippen LogP contribution in [0.25, 0.3) is 12.2 Å². The number of aromatic hydroxyl groups is 1. The van der Waals surface area contributed by atoms with Gasteiger partial charge in [-0.25, -0.2) is 4.79 Å². The van der Waals surface area contributed by atoms with E-state index in [-0.39, 0.29) is 11.3 Å². The molecule has 2 rings (SSSR count). The second-order valence-corrected chi connectivity index (χ2v) is 5.70. The number of allylic oxidation sites excluding steroid dienone is 2. The predicted octanol–water partition coefficient (Wildman–Crippen LogP) is 4.46. The van der Waals surface area contributed by atoms with Crippen molar-refractivity contribution in [3.63, 3.8) is 0 Å². The van der Waals surface area contributed by atoms with Crippen molar-refractivity contribution in [2.24, 2.45) is 0 Å². The first-order valence-electron chi connectivity index (χ1n) is 7.84. The van der Waals surface area contributed by atoms with Gasteiger partial charge in [-0.1, -0.05) is 17.7 Å². The molecule has 2 aromatic rings. The van der Waals surface area contributed by atoms with Crippen LogP contribution in [-0.2, 0) is 11.2 Å². The van der Waals surface area contributed by atoms with Crippen molar-refractivity contribution in [3.05, 3.63) is 58.6 Å². The smallest absolute Gasteiger partial charge is 0.342 e. The highest BCUT2D eigenvalue weighted by Gasteiger charge is 2.22. The zero-order valence-corrected chi connectivity index (χ0v) is 14.8. The first-order valence-corrected chi connectivity index (χ1v) is 7.84. The van der Waals surface area contributed by atoms with E-state index in [1.54, 1.807) is 36.6 Å². The number of carbonyl (C=O) groups excluding carboxylic acids is 1. The Morgan fingerprint density at radius 1 is 1.28 bits per heavy atom. The van der Waals surface area contributed by atoms with Crippen molar-refractivity contribution in [2.45, 2.75) is 20.3 Å². The second-order valence-electron chi connectivity index (χ2n) is 5.70. The van der Waals surface area contributed by atoms with Gasteiger partial charge in [0.05, 0.1) is 20.5 Å². The normalized spacial score (nSPS) is 10.7. The van der Waals surface area contributed by atoms with Crippen LogP contribution < -0.4 is 4.74 Å². The van der Waals surface area contributed by atoms with E-state index in [4.69, 9.17) is 13.9 Å². The maximum Gasteiger partial charge on any atom is 0.342 e. The first kappa shape index (κ1) is 18.4. The standard InChI is InChI=1S/C20H22O5/c1-13(2)7-10-16-17(23-3)12-14(8-9-15-6-5-11-25-15)18(19(16)21)20(22)24-4/h5-9,11-12,21H,10H2,1-4H3/b9-8+. The van der Waals surface area contributed by atoms with E-state index in [2.05, 4.69) is 0 Å². The summed E-state index contributed by atoms with van der Waals surface area (Å²) in [7, 11) is 2.81. The van der Waals surface area contributed by atoms with Crippen LogP contribution in [0.2, 0.25) is 0 Å². The van der Waals surface area contributed by atoms with E-state index in [1.807, 2.05) is 19.9 Å². The second kappa shape index (κ2) is 8.24. The van der Waals surface area contributed by atoms with Crippen LogP contribution in [0.15, 0.2) is 40.5 Å². The zero-order chi connectivity index (χ0) is 18.4. The monoisotopic (exact) mass is 342 g/mol. The molecule has 5 nitrogen and oxygen atoms in total. The Labute approximate surface area is 147 Å². The lowest BCUT2D eigenvalue weighted by Gasteiger charge is -2.15. The number of furan rings is 1. The van der Waals surface area contributed by atoms with Crippen molar-refractivity contribution < 1.29 is 23.8 Å². The van der Waals surface area contributed by atoms with Crippen LogP contribution in [0.4, 0.5) is 0 Å². The summed E-state index contributed by atoms with van der Waals surface area (Å²) in [6.45, 7) is 3.93. The lowest BCUT2D eigenvalue weighted by atomic mass is 9.97. The Morgan fingerprint density at radius 2 is 2.04 bits per heavy atom. The molecule has 0 aliphatic carbocycles. The van der Waals surface area contributed by atoms with Gasteiger partial charge in [0.15, 0.2) is 0 Å². The lowest BCUT2D eigenvalue weighted by molar-refractivity contribution is 0.0597. The molecule has 0 fully saturated rings. The van der Waals surface area contributed by atoms with E-state index >= 15 is 0 Å². The molecule has 25 heavy (non-hydrogen) atoms. The van der Waals surface area contributed by atoms with E-state index in [1.165, 1.54) is 14.2 Å². The van der Waals surface area contributed by atoms with E-state index in [9.17, 15) is 9.90 Å². The molecule has 0 spiro atoms. The SMILES string of the molecule is COC(=O)c1c(/C=C/c2ccco2)cc(OC)c(CC=C(C)C)c1O. The number of hydrogen-bond donors (Lipinski definition) is 1. The van der Waals surface area contributed by atoms with Gasteiger partial charge in [-0.3, -0.25) is 0 Å². The predicted molar refractivity (Wildman–Crippen MR) is 96.8 cm³/mol. The molecule has 5 heteroatoms. The van der Waals surface area contributed by atoms with Gasteiger partial charge in [0.25, 0.3) is 0 Å². The van der Waals surface area contributed by atoms with Crippen molar-refractivity contribution in [2.75, 3.05) is 14.2 Å². The van der Waals surface area contributed by atoms with E-state index in [0.29, 0.717) is 29.1 Å². The number of carbonyl (C=O) groups is 1. The number of hydrogen-bond acceptors (Lipinski definition) is 5. The van der Waals surface area contributed by atoms with Crippen LogP contribution in [0, 0.1) is 0 Å². The molecule has 1 aromatic carbocycles. The fourth-order valence-corrected chi connectivity index (χ4v) is 2.40. The highest BCUT2D eigenvalue weighted by atomic mass is 16.5. The summed E-state index contributed by atoms with van der Waals surface area (Å²) >= 11 is 0. The zero-order valence-electron chi connectivity index (χ0n) is 14.8. The van der Waals surface area contributed by atoms with E-state index in [0.717, 1.165) is 5.57 Å². The van der Waals surface area contributed by atoms with Gasteiger partial charge in [0.1, 0.15) is 22.8 Å². The molecule has 0 radical (unpaired) electrons. The van der Waals surface area contributed by atoms with Crippen molar-refractivity contribution in [1.29, 1.82) is 0 Å². The summed E-state index contributed by atoms with van der Waals surface area (Å²) < 4.78 is 15.5. The van der Waals surface area contributed by atoms with Crippen LogP contribution in [-0.4, -0.2) is 25.3 Å². The quantitative estimate of drug-likeness (QED) is 0.620. The number of ether oxygens (including phenoxy) is 2. The van der Waals surface area contributed by atoms with Gasteiger partial charge in [-0.2, -0.15) is 0 Å². The molecule has 0 bridgehead atoms. The number of methoxy groups -OCH3 is 2. The molecular formula is C20H22O5. The Kier molecular flexibility index (Phi) is 6.06. The lowest BCUT2D eigenvalue weighted by Crippen LogP contribution is -2.07. The molecule has 0 saturated heterocycles. The summed E-state index contributed by atoms with van der Waals surface area (Å²) in [4.78, 5) is 12.2. The van der Waals surface area contributed by atoms with Gasteiger partial charge in [0, 0.05) is 5.56 Å². The highest BCUT2D eigenvalue weighted by Crippen LogP contribution is 2.36. The average Bonchev–Trinajstić information content (AvgIpc) is 3.11. The number of phenolic OH excluding ortho intramolecular Hbond substituents is 1. The third-order valence-electron chi connectivity index (χ3n) is 3.69. The molecule has 0 aliphatic heterocycles. The van der Waals surface area contributed by atoms with Gasteiger partial charge >= 0.3 is 5.97 Å². The summed E-state index contributed by atoms with van der Waals surface area (Å²) in [5.74, 6) is 0.380. The largest absolute Gasteiger partial charge is 0.507 e. The molecule has 0 amide bonds. The van der Waals surface area contributed by atoms with Crippen LogP contribution in [0.3, 0.4) is 0 Å². The Morgan fingerprint density at radius 3 is 2.60 bits per heavy atom. The van der Waals surface area contributed by atoms with Crippen LogP contribution in [0.5, 0.6) is 11.5 Å². The molecule has 0 atom stereocenters. The topological polar surface area (TPSA) is 68.9 Å². The fourth-order valence-electron chi connectivity index (χ4n) is 2.40. The van der Waals surface area contributed by atoms with Gasteiger partial charge < -0.3 is 19.0 Å². The number of benzene rings is 1. The van der Waals surface area contributed by atoms with E-state index < -0.39 is 5.97 Å². The molecule has 0 unspecified atom stereocenters. The Hall–Kier alpha value is -2.95. The third kappa shape index (κ3) is 4.32. The molecule has 1 N–H and O–H groups in total. The minimum absolute atomic E-state index is 0.100. The number of phenols is 1. The van der Waals surface area contributed by atoms with Crippen molar-refractivity contribution >= 4 is 18.1 Å². The van der Waals surface area contributed by atoms with Gasteiger partial charge in [-0.05, 0) is 50.1 Å². The first-order chi connectivity index (χ1) is 12.0. The summed E-state index contributed by atoms with van der Waals surface area (Å²) in [6, 6.07) is 5.26. The summed E-state index contributed by atoms with van der Waals surface area (Å²) in [5.41, 5.74) is 2.23. The molecule has 0 aliphatic rings. The minimum atomic E-state index is -0.613. The molecular weight excluding hydrogens is 320 g/mol. The molecule has 1 heterocycles. The number of esters is 1. The minimum Gasteiger partial charge on any atom is -0.507 e. The third-order valence-corrected chi connectivity index (χ3v) is 3.69. The van der Waals surface area contributed by atoms with Crippen LogP contribution in [0.1, 0.15) is 41.1 Å². The van der Waals surface area contributed by atoms with Crippen molar-refractivity contribution in [1.82, 2.24) is 0 Å². The Balaban J connectivity index is 2.59. The van der Waals surface area contributed by atoms with Gasteiger partial charge in [0.2, 0.25) is 0 Å². The summed E-state index contributed by atoms with van der Waals surface area (Å²) in [5, 5.41) is 10.7. The molecule has 0 saturated carbocycles. The number of rotatable bonds is 6. The maximum atomic E-state index is 12.2. The maximum absolute atomic E-state index is 12.2. The summed E-state index contributed by atoms with van der Waals surface area (Å²) in [6.07, 6.45) is 7.34. The molecule has 1 aromatic heterocycles. The van der Waals surface area contributed by atoms with Crippen molar-refractivity contribution in [3.8, 4) is 11.5 Å². The Bertz CT molecular complexity index is 794. The fraction of sp³-hybridized carbons (Fsp3) is 0.250. The van der Waals surface area contributed by atoms with Gasteiger partial charge in [-0.15, -0.1) is 0 Å².